The Morgan fingerprint density at radius 1 is 1.25 bits per heavy atom. The molecule has 0 saturated heterocycles. The van der Waals surface area contributed by atoms with E-state index in [1.807, 2.05) is 13.0 Å². The van der Waals surface area contributed by atoms with Gasteiger partial charge in [-0.3, -0.25) is 0 Å². The Morgan fingerprint density at radius 2 is 1.92 bits per heavy atom. The molecular formula is C10H15OSi. The molecule has 0 unspecified atom stereocenters. The lowest BCUT2D eigenvalue weighted by atomic mass is 10.3. The monoisotopic (exact) mass is 179 g/mol. The van der Waals surface area contributed by atoms with E-state index in [9.17, 15) is 0 Å². The van der Waals surface area contributed by atoms with Gasteiger partial charge in [0.1, 0.15) is 5.75 Å². The fourth-order valence-electron chi connectivity index (χ4n) is 1.16. The minimum Gasteiger partial charge on any atom is -0.494 e. The first-order valence-electron chi connectivity index (χ1n) is 4.28. The molecule has 0 heterocycles. The maximum absolute atomic E-state index is 5.52. The second-order valence-corrected chi connectivity index (χ2v) is 5.47. The predicted molar refractivity (Wildman–Crippen MR) is 54.7 cm³/mol. The van der Waals surface area contributed by atoms with E-state index in [4.69, 9.17) is 4.74 Å². The largest absolute Gasteiger partial charge is 0.494 e. The fourth-order valence-corrected chi connectivity index (χ4v) is 2.24. The molecule has 0 atom stereocenters. The summed E-state index contributed by atoms with van der Waals surface area (Å²) in [5.74, 6) is 1.07. The van der Waals surface area contributed by atoms with Crippen LogP contribution in [0.1, 0.15) is 6.92 Å². The number of para-hydroxylation sites is 1. The van der Waals surface area contributed by atoms with Crippen molar-refractivity contribution in [1.82, 2.24) is 0 Å². The van der Waals surface area contributed by atoms with E-state index < -0.39 is 0 Å². The van der Waals surface area contributed by atoms with Crippen LogP contribution in [-0.4, -0.2) is 15.4 Å². The van der Waals surface area contributed by atoms with Gasteiger partial charge in [0.05, 0.1) is 15.4 Å². The normalized spacial score (nSPS) is 10.3. The second-order valence-electron chi connectivity index (χ2n) is 2.93. The standard InChI is InChI=1S/C10H15OSi/c1-4-11-9-7-5-6-8-10(9)12(2)3/h5-8H,4H2,1-3H3. The number of rotatable bonds is 3. The summed E-state index contributed by atoms with van der Waals surface area (Å²) in [5, 5.41) is 1.39. The molecule has 0 amide bonds. The van der Waals surface area contributed by atoms with Crippen molar-refractivity contribution in [3.8, 4) is 5.75 Å². The van der Waals surface area contributed by atoms with Gasteiger partial charge >= 0.3 is 0 Å². The number of hydrogen-bond donors (Lipinski definition) is 0. The highest BCUT2D eigenvalue weighted by atomic mass is 28.3. The molecule has 0 spiro atoms. The Labute approximate surface area is 76.0 Å². The summed E-state index contributed by atoms with van der Waals surface area (Å²) in [6, 6.07) is 8.32. The van der Waals surface area contributed by atoms with Gasteiger partial charge in [0.2, 0.25) is 0 Å². The van der Waals surface area contributed by atoms with Gasteiger partial charge in [0.15, 0.2) is 0 Å². The Morgan fingerprint density at radius 3 is 2.50 bits per heavy atom. The van der Waals surface area contributed by atoms with Gasteiger partial charge in [-0.05, 0) is 18.2 Å². The average Bonchev–Trinajstić information content (AvgIpc) is 2.05. The van der Waals surface area contributed by atoms with Crippen molar-refractivity contribution in [2.24, 2.45) is 0 Å². The van der Waals surface area contributed by atoms with E-state index in [1.165, 1.54) is 5.19 Å². The lowest BCUT2D eigenvalue weighted by Crippen LogP contribution is -2.24. The zero-order chi connectivity index (χ0) is 8.97. The van der Waals surface area contributed by atoms with Crippen molar-refractivity contribution in [3.05, 3.63) is 24.3 Å². The third kappa shape index (κ3) is 2.11. The summed E-state index contributed by atoms with van der Waals surface area (Å²) in [6.45, 7) is 7.34. The van der Waals surface area contributed by atoms with Crippen LogP contribution in [0.4, 0.5) is 0 Å². The van der Waals surface area contributed by atoms with Crippen molar-refractivity contribution in [2.75, 3.05) is 6.61 Å². The molecule has 0 aliphatic rings. The van der Waals surface area contributed by atoms with Crippen LogP contribution in [0.25, 0.3) is 0 Å². The molecule has 0 N–H and O–H groups in total. The Hall–Kier alpha value is -0.763. The molecule has 1 nitrogen and oxygen atoms in total. The molecule has 12 heavy (non-hydrogen) atoms. The topological polar surface area (TPSA) is 9.23 Å². The van der Waals surface area contributed by atoms with E-state index in [1.54, 1.807) is 0 Å². The van der Waals surface area contributed by atoms with Crippen molar-refractivity contribution < 1.29 is 4.74 Å². The zero-order valence-electron chi connectivity index (χ0n) is 7.92. The Bertz CT molecular complexity index is 245. The van der Waals surface area contributed by atoms with Crippen LogP contribution < -0.4 is 9.92 Å². The van der Waals surface area contributed by atoms with Gasteiger partial charge in [0.25, 0.3) is 0 Å². The molecule has 65 valence electrons. The third-order valence-corrected chi connectivity index (χ3v) is 3.22. The third-order valence-electron chi connectivity index (χ3n) is 1.73. The van der Waals surface area contributed by atoms with Crippen molar-refractivity contribution in [2.45, 2.75) is 20.0 Å². The van der Waals surface area contributed by atoms with Gasteiger partial charge in [-0.15, -0.1) is 0 Å². The Kier molecular flexibility index (Phi) is 3.35. The van der Waals surface area contributed by atoms with Crippen molar-refractivity contribution in [3.63, 3.8) is 0 Å². The first-order chi connectivity index (χ1) is 5.75. The Balaban J connectivity index is 2.92. The van der Waals surface area contributed by atoms with Crippen LogP contribution in [0.15, 0.2) is 24.3 Å². The summed E-state index contributed by atoms with van der Waals surface area (Å²) >= 11 is 0. The maximum Gasteiger partial charge on any atom is 0.118 e. The van der Waals surface area contributed by atoms with Crippen LogP contribution in [-0.2, 0) is 0 Å². The fraction of sp³-hybridized carbons (Fsp3) is 0.400. The lowest BCUT2D eigenvalue weighted by molar-refractivity contribution is 0.343. The van der Waals surface area contributed by atoms with Gasteiger partial charge in [-0.25, -0.2) is 0 Å². The minimum atomic E-state index is -0.389. The van der Waals surface area contributed by atoms with E-state index in [2.05, 4.69) is 31.3 Å². The van der Waals surface area contributed by atoms with E-state index in [0.29, 0.717) is 0 Å². The van der Waals surface area contributed by atoms with Gasteiger partial charge in [-0.2, -0.15) is 0 Å². The molecule has 1 aromatic carbocycles. The van der Waals surface area contributed by atoms with Crippen LogP contribution in [0.5, 0.6) is 5.75 Å². The summed E-state index contributed by atoms with van der Waals surface area (Å²) in [7, 11) is -0.389. The molecule has 1 rings (SSSR count). The van der Waals surface area contributed by atoms with Crippen LogP contribution in [0.3, 0.4) is 0 Å². The summed E-state index contributed by atoms with van der Waals surface area (Å²) in [4.78, 5) is 0. The van der Waals surface area contributed by atoms with Crippen LogP contribution in [0.2, 0.25) is 13.1 Å². The zero-order valence-corrected chi connectivity index (χ0v) is 8.92. The van der Waals surface area contributed by atoms with Crippen LogP contribution in [0, 0.1) is 0 Å². The van der Waals surface area contributed by atoms with Gasteiger partial charge in [0, 0.05) is 0 Å². The van der Waals surface area contributed by atoms with E-state index in [-0.39, 0.29) is 8.80 Å². The first-order valence-corrected chi connectivity index (χ1v) is 6.78. The molecule has 0 fully saturated rings. The first kappa shape index (κ1) is 9.33. The van der Waals surface area contributed by atoms with Gasteiger partial charge in [-0.1, -0.05) is 31.3 Å². The van der Waals surface area contributed by atoms with E-state index >= 15 is 0 Å². The van der Waals surface area contributed by atoms with E-state index in [0.717, 1.165) is 12.4 Å². The molecule has 0 saturated carbocycles. The maximum atomic E-state index is 5.52. The summed E-state index contributed by atoms with van der Waals surface area (Å²) in [6.07, 6.45) is 0. The predicted octanol–water partition coefficient (Wildman–Crippen LogP) is 2.05. The number of benzene rings is 1. The highest BCUT2D eigenvalue weighted by Gasteiger charge is 2.06. The molecule has 0 bridgehead atoms. The molecule has 0 aliphatic heterocycles. The summed E-state index contributed by atoms with van der Waals surface area (Å²) < 4.78 is 5.52. The number of hydrogen-bond acceptors (Lipinski definition) is 1. The van der Waals surface area contributed by atoms with Crippen LogP contribution >= 0.6 is 0 Å². The average molecular weight is 179 g/mol. The molecule has 0 aliphatic carbocycles. The second kappa shape index (κ2) is 4.31. The molecular weight excluding hydrogens is 164 g/mol. The quantitative estimate of drug-likeness (QED) is 0.645. The highest BCUT2D eigenvalue weighted by Crippen LogP contribution is 2.07. The molecule has 0 aromatic heterocycles. The SMILES string of the molecule is CCOc1ccccc1[Si](C)C. The smallest absolute Gasteiger partial charge is 0.118 e. The van der Waals surface area contributed by atoms with Crippen molar-refractivity contribution >= 4 is 14.0 Å². The molecule has 1 aromatic rings. The van der Waals surface area contributed by atoms with Gasteiger partial charge < -0.3 is 4.74 Å². The highest BCUT2D eigenvalue weighted by molar-refractivity contribution is 6.71. The minimum absolute atomic E-state index is 0.389. The number of ether oxygens (including phenoxy) is 1. The molecule has 1 radical (unpaired) electrons. The summed E-state index contributed by atoms with van der Waals surface area (Å²) in [5.41, 5.74) is 0. The molecule has 2 heteroatoms. The van der Waals surface area contributed by atoms with Crippen molar-refractivity contribution in [1.29, 1.82) is 0 Å². The lowest BCUT2D eigenvalue weighted by Gasteiger charge is -2.10.